The van der Waals surface area contributed by atoms with Crippen molar-refractivity contribution in [1.82, 2.24) is 25.3 Å². The van der Waals surface area contributed by atoms with Crippen LogP contribution in [0.4, 0.5) is 22.0 Å². The van der Waals surface area contributed by atoms with Gasteiger partial charge in [0.05, 0.1) is 19.3 Å². The number of aromatic nitrogens is 3. The first-order valence-corrected chi connectivity index (χ1v) is 10.1. The summed E-state index contributed by atoms with van der Waals surface area (Å²) in [6, 6.07) is 4.42. The molecule has 0 spiro atoms. The van der Waals surface area contributed by atoms with Crippen LogP contribution < -0.4 is 5.32 Å². The van der Waals surface area contributed by atoms with Crippen LogP contribution in [0.2, 0.25) is 0 Å². The average molecular weight is 497 g/mol. The SMILES string of the molecule is O=C(NC[C@H]1COCCN1C(=O)c1cc(F)cc(F)c1)c1ccc(-c2noc(C(F)(F)F)n2)cn1. The third-order valence-electron chi connectivity index (χ3n) is 5.02. The molecule has 4 rings (SSSR count). The number of rotatable bonds is 5. The predicted molar refractivity (Wildman–Crippen MR) is 107 cm³/mol. The summed E-state index contributed by atoms with van der Waals surface area (Å²) in [5.74, 6) is -4.89. The number of nitrogens with zero attached hydrogens (tertiary/aromatic N) is 4. The fourth-order valence-electron chi connectivity index (χ4n) is 3.35. The lowest BCUT2D eigenvalue weighted by Gasteiger charge is -2.35. The van der Waals surface area contributed by atoms with Crippen LogP contribution in [0.3, 0.4) is 0 Å². The molecule has 0 bridgehead atoms. The highest BCUT2D eigenvalue weighted by Crippen LogP contribution is 2.29. The van der Waals surface area contributed by atoms with Crippen LogP contribution in [0.15, 0.2) is 41.1 Å². The summed E-state index contributed by atoms with van der Waals surface area (Å²) in [6.45, 7) is 0.388. The average Bonchev–Trinajstić information content (AvgIpc) is 3.33. The number of amides is 2. The van der Waals surface area contributed by atoms with Crippen molar-refractivity contribution in [3.05, 3.63) is 65.3 Å². The van der Waals surface area contributed by atoms with Gasteiger partial charge in [0.2, 0.25) is 5.82 Å². The van der Waals surface area contributed by atoms with E-state index in [9.17, 15) is 31.5 Å². The van der Waals surface area contributed by atoms with E-state index in [0.29, 0.717) is 6.07 Å². The Balaban J connectivity index is 1.40. The first kappa shape index (κ1) is 24.2. The summed E-state index contributed by atoms with van der Waals surface area (Å²) in [5.41, 5.74) is -0.135. The predicted octanol–water partition coefficient (Wildman–Crippen LogP) is 2.70. The molecule has 9 nitrogen and oxygen atoms in total. The third-order valence-corrected chi connectivity index (χ3v) is 5.02. The second kappa shape index (κ2) is 9.74. The van der Waals surface area contributed by atoms with Gasteiger partial charge in [0, 0.05) is 36.5 Å². The number of halogens is 5. The number of carbonyl (C=O) groups is 2. The molecule has 1 aliphatic heterocycles. The lowest BCUT2D eigenvalue weighted by atomic mass is 10.1. The summed E-state index contributed by atoms with van der Waals surface area (Å²) in [4.78, 5) is 33.8. The second-order valence-corrected chi connectivity index (χ2v) is 7.45. The van der Waals surface area contributed by atoms with Gasteiger partial charge in [-0.25, -0.2) is 8.78 Å². The molecule has 1 saturated heterocycles. The zero-order chi connectivity index (χ0) is 25.2. The highest BCUT2D eigenvalue weighted by Gasteiger charge is 2.38. The molecule has 2 aromatic heterocycles. The van der Waals surface area contributed by atoms with Gasteiger partial charge in [-0.15, -0.1) is 0 Å². The van der Waals surface area contributed by atoms with E-state index >= 15 is 0 Å². The third kappa shape index (κ3) is 5.59. The van der Waals surface area contributed by atoms with Crippen molar-refractivity contribution < 1.29 is 40.8 Å². The van der Waals surface area contributed by atoms with Crippen molar-refractivity contribution in [2.24, 2.45) is 0 Å². The molecule has 0 aliphatic carbocycles. The Labute approximate surface area is 193 Å². The van der Waals surface area contributed by atoms with Crippen LogP contribution in [0.5, 0.6) is 0 Å². The molecule has 0 saturated carbocycles. The first-order valence-electron chi connectivity index (χ1n) is 10.1. The van der Waals surface area contributed by atoms with Crippen LogP contribution in [0.1, 0.15) is 26.7 Å². The summed E-state index contributed by atoms with van der Waals surface area (Å²) >= 11 is 0. The maximum Gasteiger partial charge on any atom is 0.471 e. The second-order valence-electron chi connectivity index (χ2n) is 7.45. The molecule has 1 fully saturated rings. The number of benzene rings is 1. The van der Waals surface area contributed by atoms with Gasteiger partial charge in [-0.2, -0.15) is 18.2 Å². The lowest BCUT2D eigenvalue weighted by molar-refractivity contribution is -0.159. The van der Waals surface area contributed by atoms with Gasteiger partial charge in [-0.1, -0.05) is 5.16 Å². The monoisotopic (exact) mass is 497 g/mol. The Morgan fingerprint density at radius 3 is 2.51 bits per heavy atom. The van der Waals surface area contributed by atoms with E-state index in [4.69, 9.17) is 4.74 Å². The Morgan fingerprint density at radius 1 is 1.14 bits per heavy atom. The molecule has 3 aromatic rings. The number of nitrogens with one attached hydrogen (secondary N) is 1. The quantitative estimate of drug-likeness (QED) is 0.540. The van der Waals surface area contributed by atoms with Crippen LogP contribution >= 0.6 is 0 Å². The normalized spacial score (nSPS) is 16.3. The van der Waals surface area contributed by atoms with Crippen molar-refractivity contribution in [3.8, 4) is 11.4 Å². The zero-order valence-corrected chi connectivity index (χ0v) is 17.7. The van der Waals surface area contributed by atoms with Gasteiger partial charge in [-0.3, -0.25) is 14.6 Å². The Kier molecular flexibility index (Phi) is 6.73. The largest absolute Gasteiger partial charge is 0.471 e. The van der Waals surface area contributed by atoms with E-state index in [2.05, 4.69) is 25.0 Å². The molecule has 1 atom stereocenters. The van der Waals surface area contributed by atoms with Gasteiger partial charge in [0.1, 0.15) is 17.3 Å². The molecular formula is C21H16F5N5O4. The summed E-state index contributed by atoms with van der Waals surface area (Å²) < 4.78 is 74.4. The lowest BCUT2D eigenvalue weighted by Crippen LogP contribution is -2.53. The summed E-state index contributed by atoms with van der Waals surface area (Å²) in [5, 5.41) is 5.83. The first-order chi connectivity index (χ1) is 16.6. The van der Waals surface area contributed by atoms with Crippen molar-refractivity contribution >= 4 is 11.8 Å². The number of hydrogen-bond donors (Lipinski definition) is 1. The minimum atomic E-state index is -4.79. The minimum absolute atomic E-state index is 0.0500. The maximum atomic E-state index is 13.5. The fourth-order valence-corrected chi connectivity index (χ4v) is 3.35. The molecule has 0 radical (unpaired) electrons. The molecule has 1 aliphatic rings. The molecule has 0 unspecified atom stereocenters. The smallest absolute Gasteiger partial charge is 0.377 e. The molecule has 1 N–H and O–H groups in total. The van der Waals surface area contributed by atoms with Crippen LogP contribution in [0, 0.1) is 11.6 Å². The molecule has 1 aromatic carbocycles. The van der Waals surface area contributed by atoms with Crippen molar-refractivity contribution in [2.75, 3.05) is 26.3 Å². The topological polar surface area (TPSA) is 110 Å². The van der Waals surface area contributed by atoms with E-state index in [1.165, 1.54) is 17.0 Å². The van der Waals surface area contributed by atoms with Crippen molar-refractivity contribution in [3.63, 3.8) is 0 Å². The van der Waals surface area contributed by atoms with Gasteiger partial charge in [0.15, 0.2) is 0 Å². The number of carbonyl (C=O) groups excluding carboxylic acids is 2. The molecular weight excluding hydrogens is 481 g/mol. The van der Waals surface area contributed by atoms with Crippen LogP contribution in [0.25, 0.3) is 11.4 Å². The van der Waals surface area contributed by atoms with Gasteiger partial charge >= 0.3 is 12.1 Å². The number of pyridine rings is 1. The summed E-state index contributed by atoms with van der Waals surface area (Å²) in [7, 11) is 0. The number of morpholine rings is 1. The molecule has 184 valence electrons. The van der Waals surface area contributed by atoms with Crippen LogP contribution in [-0.2, 0) is 10.9 Å². The molecule has 3 heterocycles. The fraction of sp³-hybridized carbons (Fsp3) is 0.286. The maximum absolute atomic E-state index is 13.5. The minimum Gasteiger partial charge on any atom is -0.377 e. The standard InChI is InChI=1S/C21H16F5N5O4/c22-13-5-12(6-14(23)7-13)19(33)31-3-4-34-10-15(31)9-28-18(32)16-2-1-11(8-27-16)17-29-20(35-30-17)21(24,25)26/h1-2,5-8,15H,3-4,9-10H2,(H,28,32)/t15-/m0/s1. The van der Waals surface area contributed by atoms with Crippen molar-refractivity contribution in [1.29, 1.82) is 0 Å². The number of ether oxygens (including phenoxy) is 1. The van der Waals surface area contributed by atoms with Crippen LogP contribution in [-0.4, -0.2) is 64.2 Å². The van der Waals surface area contributed by atoms with Gasteiger partial charge < -0.3 is 19.5 Å². The molecule has 14 heteroatoms. The zero-order valence-electron chi connectivity index (χ0n) is 17.7. The Morgan fingerprint density at radius 2 is 1.89 bits per heavy atom. The highest BCUT2D eigenvalue weighted by molar-refractivity contribution is 5.95. The van der Waals surface area contributed by atoms with E-state index < -0.39 is 41.6 Å². The Bertz CT molecular complexity index is 1210. The van der Waals surface area contributed by atoms with E-state index in [-0.39, 0.29) is 48.9 Å². The molecule has 2 amide bonds. The number of alkyl halides is 3. The highest BCUT2D eigenvalue weighted by atomic mass is 19.4. The van der Waals surface area contributed by atoms with E-state index in [0.717, 1.165) is 18.3 Å². The Hall–Kier alpha value is -3.94. The van der Waals surface area contributed by atoms with Gasteiger partial charge in [0.25, 0.3) is 11.8 Å². The van der Waals surface area contributed by atoms with E-state index in [1.54, 1.807) is 0 Å². The van der Waals surface area contributed by atoms with Gasteiger partial charge in [-0.05, 0) is 24.3 Å². The molecule has 35 heavy (non-hydrogen) atoms. The number of hydrogen-bond acceptors (Lipinski definition) is 7. The van der Waals surface area contributed by atoms with E-state index in [1.807, 2.05) is 0 Å². The summed E-state index contributed by atoms with van der Waals surface area (Å²) in [6.07, 6.45) is -3.68. The van der Waals surface area contributed by atoms with Crippen molar-refractivity contribution in [2.45, 2.75) is 12.2 Å².